The predicted octanol–water partition coefficient (Wildman–Crippen LogP) is 6.74. The number of hydrogen-bond acceptors (Lipinski definition) is 5. The fraction of sp³-hybridized carbons (Fsp3) is 0.120. The first kappa shape index (κ1) is 24.5. The number of cyclic esters (lactones) is 1. The van der Waals surface area contributed by atoms with Crippen molar-refractivity contribution in [2.45, 2.75) is 13.5 Å². The molecule has 0 aliphatic carbocycles. The molecule has 0 saturated heterocycles. The van der Waals surface area contributed by atoms with E-state index in [0.29, 0.717) is 24.0 Å². The first-order valence-electron chi connectivity index (χ1n) is 9.88. The van der Waals surface area contributed by atoms with Crippen molar-refractivity contribution in [1.82, 2.24) is 0 Å². The molecule has 1 heterocycles. The lowest BCUT2D eigenvalue weighted by Crippen LogP contribution is -2.05. The summed E-state index contributed by atoms with van der Waals surface area (Å²) in [5, 5.41) is 0. The molecule has 0 bridgehead atoms. The van der Waals surface area contributed by atoms with E-state index in [1.807, 2.05) is 55.5 Å². The van der Waals surface area contributed by atoms with Crippen LogP contribution in [0.15, 0.2) is 65.3 Å². The number of aliphatic imine (C=N–C) groups is 1. The van der Waals surface area contributed by atoms with E-state index in [1.165, 1.54) is 0 Å². The number of esters is 1. The normalized spacial score (nSPS) is 14.3. The molecular formula is C25H18I3NO4. The number of benzene rings is 3. The largest absolute Gasteiger partial charge is 0.493 e. The van der Waals surface area contributed by atoms with Crippen LogP contribution in [0.25, 0.3) is 6.08 Å². The maximum Gasteiger partial charge on any atom is 0.363 e. The zero-order valence-corrected chi connectivity index (χ0v) is 24.2. The Morgan fingerprint density at radius 2 is 1.85 bits per heavy atom. The molecule has 0 unspecified atom stereocenters. The monoisotopic (exact) mass is 777 g/mol. The van der Waals surface area contributed by atoms with Crippen molar-refractivity contribution in [1.29, 1.82) is 0 Å². The van der Waals surface area contributed by atoms with E-state index < -0.39 is 5.97 Å². The fourth-order valence-electron chi connectivity index (χ4n) is 3.21. The van der Waals surface area contributed by atoms with Crippen LogP contribution in [0.4, 0.5) is 0 Å². The molecule has 0 fully saturated rings. The summed E-state index contributed by atoms with van der Waals surface area (Å²) in [7, 11) is 1.60. The molecule has 1 aliphatic rings. The Morgan fingerprint density at radius 3 is 2.58 bits per heavy atom. The number of carbonyl (C=O) groups excluding carboxylic acids is 1. The summed E-state index contributed by atoms with van der Waals surface area (Å²) in [5.41, 5.74) is 3.97. The first-order valence-corrected chi connectivity index (χ1v) is 13.1. The maximum atomic E-state index is 12.4. The minimum atomic E-state index is -0.478. The van der Waals surface area contributed by atoms with Crippen LogP contribution in [-0.2, 0) is 16.1 Å². The Hall–Kier alpha value is -1.67. The summed E-state index contributed by atoms with van der Waals surface area (Å²) in [6, 6.07) is 17.7. The highest BCUT2D eigenvalue weighted by atomic mass is 127. The second kappa shape index (κ2) is 10.7. The van der Waals surface area contributed by atoms with Crippen molar-refractivity contribution in [3.63, 3.8) is 0 Å². The Kier molecular flexibility index (Phi) is 7.95. The molecule has 0 aromatic heterocycles. The highest BCUT2D eigenvalue weighted by molar-refractivity contribution is 14.1. The van der Waals surface area contributed by atoms with Gasteiger partial charge in [0.15, 0.2) is 17.2 Å². The van der Waals surface area contributed by atoms with Gasteiger partial charge in [-0.15, -0.1) is 0 Å². The van der Waals surface area contributed by atoms with Gasteiger partial charge in [-0.3, -0.25) is 0 Å². The van der Waals surface area contributed by atoms with Gasteiger partial charge < -0.3 is 14.2 Å². The van der Waals surface area contributed by atoms with Gasteiger partial charge in [0, 0.05) is 12.7 Å². The molecule has 8 heteroatoms. The number of rotatable bonds is 6. The van der Waals surface area contributed by atoms with Crippen molar-refractivity contribution in [3.8, 4) is 11.5 Å². The van der Waals surface area contributed by atoms with Crippen LogP contribution in [-0.4, -0.2) is 19.0 Å². The van der Waals surface area contributed by atoms with Crippen LogP contribution in [0, 0.1) is 17.6 Å². The molecule has 0 spiro atoms. The van der Waals surface area contributed by atoms with Crippen molar-refractivity contribution in [2.24, 2.45) is 4.99 Å². The number of methoxy groups -OCH3 is 1. The molecule has 0 N–H and O–H groups in total. The average Bonchev–Trinajstić information content (AvgIpc) is 3.14. The van der Waals surface area contributed by atoms with E-state index in [1.54, 1.807) is 13.2 Å². The third kappa shape index (κ3) is 5.88. The van der Waals surface area contributed by atoms with Gasteiger partial charge in [-0.2, -0.15) is 0 Å². The summed E-state index contributed by atoms with van der Waals surface area (Å²) in [4.78, 5) is 16.9. The van der Waals surface area contributed by atoms with Gasteiger partial charge in [-0.05, 0) is 140 Å². The maximum absolute atomic E-state index is 12.4. The Labute approximate surface area is 233 Å². The Bertz CT molecular complexity index is 1300. The minimum Gasteiger partial charge on any atom is -0.493 e. The van der Waals surface area contributed by atoms with Crippen molar-refractivity contribution < 1.29 is 19.0 Å². The quantitative estimate of drug-likeness (QED) is 0.158. The van der Waals surface area contributed by atoms with Gasteiger partial charge in [-0.1, -0.05) is 12.1 Å². The van der Waals surface area contributed by atoms with Crippen LogP contribution in [0.5, 0.6) is 11.5 Å². The number of halogens is 3. The van der Waals surface area contributed by atoms with Crippen LogP contribution in [0.2, 0.25) is 0 Å². The van der Waals surface area contributed by atoms with E-state index >= 15 is 0 Å². The van der Waals surface area contributed by atoms with Crippen molar-refractivity contribution in [2.75, 3.05) is 7.11 Å². The molecular weight excluding hydrogens is 759 g/mol. The topological polar surface area (TPSA) is 57.1 Å². The molecule has 3 aromatic carbocycles. The summed E-state index contributed by atoms with van der Waals surface area (Å²) in [5.74, 6) is 1.08. The van der Waals surface area contributed by atoms with Gasteiger partial charge in [-0.25, -0.2) is 9.79 Å². The zero-order chi connectivity index (χ0) is 23.5. The Balaban J connectivity index is 1.59. The second-order valence-electron chi connectivity index (χ2n) is 7.25. The Morgan fingerprint density at radius 1 is 1.03 bits per heavy atom. The summed E-state index contributed by atoms with van der Waals surface area (Å²) in [6.07, 6.45) is 1.70. The fourth-order valence-corrected chi connectivity index (χ4v) is 4.94. The summed E-state index contributed by atoms with van der Waals surface area (Å²) < 4.78 is 20.2. The van der Waals surface area contributed by atoms with Gasteiger partial charge in [0.2, 0.25) is 5.90 Å². The van der Waals surface area contributed by atoms with E-state index in [4.69, 9.17) is 14.2 Å². The first-order chi connectivity index (χ1) is 15.8. The van der Waals surface area contributed by atoms with Gasteiger partial charge in [0.25, 0.3) is 0 Å². The standard InChI is InChI=1S/C25H18I3NO4/c1-14-8-17(6-7-19(14)27)24-29-21(25(30)33-24)11-16-10-20(28)23(22(12-16)31-2)32-13-15-4-3-5-18(26)9-15/h3-12H,13H2,1-2H3/b21-11-. The number of aryl methyl sites for hydroxylation is 1. The minimum absolute atomic E-state index is 0.242. The third-order valence-corrected chi connectivity index (χ3v) is 7.54. The zero-order valence-electron chi connectivity index (χ0n) is 17.7. The average molecular weight is 777 g/mol. The number of nitrogens with zero attached hydrogens (tertiary/aromatic N) is 1. The molecule has 3 aromatic rings. The second-order valence-corrected chi connectivity index (χ2v) is 10.8. The summed E-state index contributed by atoms with van der Waals surface area (Å²) in [6.45, 7) is 2.44. The molecule has 5 nitrogen and oxygen atoms in total. The lowest BCUT2D eigenvalue weighted by Gasteiger charge is -2.14. The van der Waals surface area contributed by atoms with E-state index in [-0.39, 0.29) is 5.70 Å². The van der Waals surface area contributed by atoms with Gasteiger partial charge >= 0.3 is 5.97 Å². The highest BCUT2D eigenvalue weighted by Crippen LogP contribution is 2.35. The SMILES string of the molecule is COc1cc(/C=C2\N=C(c3ccc(I)c(C)c3)OC2=O)cc(I)c1OCc1cccc(I)c1. The predicted molar refractivity (Wildman–Crippen MR) is 154 cm³/mol. The molecule has 0 atom stereocenters. The van der Waals surface area contributed by atoms with Crippen LogP contribution in [0.3, 0.4) is 0 Å². The van der Waals surface area contributed by atoms with E-state index in [0.717, 1.165) is 33.0 Å². The van der Waals surface area contributed by atoms with E-state index in [2.05, 4.69) is 78.8 Å². The van der Waals surface area contributed by atoms with Crippen molar-refractivity contribution >= 4 is 85.7 Å². The number of hydrogen-bond donors (Lipinski definition) is 0. The smallest absolute Gasteiger partial charge is 0.363 e. The van der Waals surface area contributed by atoms with Crippen LogP contribution >= 0.6 is 67.8 Å². The molecule has 33 heavy (non-hydrogen) atoms. The molecule has 168 valence electrons. The number of carbonyl (C=O) groups is 1. The summed E-state index contributed by atoms with van der Waals surface area (Å²) >= 11 is 6.76. The lowest BCUT2D eigenvalue weighted by molar-refractivity contribution is -0.129. The molecule has 1 aliphatic heterocycles. The van der Waals surface area contributed by atoms with Crippen LogP contribution < -0.4 is 9.47 Å². The highest BCUT2D eigenvalue weighted by Gasteiger charge is 2.25. The molecule has 0 saturated carbocycles. The van der Waals surface area contributed by atoms with Gasteiger partial charge in [0.1, 0.15) is 6.61 Å². The lowest BCUT2D eigenvalue weighted by atomic mass is 10.1. The van der Waals surface area contributed by atoms with Gasteiger partial charge in [0.05, 0.1) is 10.7 Å². The van der Waals surface area contributed by atoms with Crippen molar-refractivity contribution in [3.05, 3.63) is 93.3 Å². The number of ether oxygens (including phenoxy) is 3. The van der Waals surface area contributed by atoms with Crippen LogP contribution in [0.1, 0.15) is 22.3 Å². The molecule has 0 radical (unpaired) electrons. The third-order valence-electron chi connectivity index (χ3n) is 4.85. The molecule has 0 amide bonds. The molecule has 4 rings (SSSR count). The van der Waals surface area contributed by atoms with E-state index in [9.17, 15) is 4.79 Å².